The molecule has 0 saturated heterocycles. The molecular formula is C22H19F3N4O. The van der Waals surface area contributed by atoms with Crippen LogP contribution in [0.3, 0.4) is 0 Å². The van der Waals surface area contributed by atoms with Crippen molar-refractivity contribution in [1.29, 1.82) is 0 Å². The van der Waals surface area contributed by atoms with Crippen LogP contribution in [0.25, 0.3) is 22.0 Å². The number of alkyl halides is 3. The molecule has 8 heteroatoms. The molecule has 1 heterocycles. The van der Waals surface area contributed by atoms with Crippen LogP contribution in [-0.4, -0.2) is 28.2 Å². The summed E-state index contributed by atoms with van der Waals surface area (Å²) < 4.78 is 38.5. The second-order valence-corrected chi connectivity index (χ2v) is 7.35. The number of hydrogen-bond acceptors (Lipinski definition) is 4. The Morgan fingerprint density at radius 1 is 1.07 bits per heavy atom. The summed E-state index contributed by atoms with van der Waals surface area (Å²) in [5, 5.41) is 16.3. The molecule has 0 radical (unpaired) electrons. The van der Waals surface area contributed by atoms with Crippen LogP contribution in [0.5, 0.6) is 0 Å². The van der Waals surface area contributed by atoms with Crippen molar-refractivity contribution in [3.63, 3.8) is 0 Å². The lowest BCUT2D eigenvalue weighted by Crippen LogP contribution is -2.41. The van der Waals surface area contributed by atoms with Crippen molar-refractivity contribution in [2.75, 3.05) is 11.9 Å². The first-order chi connectivity index (χ1) is 14.3. The number of rotatable bonds is 6. The molecule has 1 amide bonds. The second kappa shape index (κ2) is 7.44. The van der Waals surface area contributed by atoms with E-state index in [1.54, 1.807) is 0 Å². The van der Waals surface area contributed by atoms with E-state index in [1.807, 2.05) is 24.3 Å². The maximum Gasteiger partial charge on any atom is 0.416 e. The van der Waals surface area contributed by atoms with Crippen LogP contribution >= 0.6 is 0 Å². The van der Waals surface area contributed by atoms with Gasteiger partial charge in [-0.1, -0.05) is 43.0 Å². The van der Waals surface area contributed by atoms with E-state index in [4.69, 9.17) is 0 Å². The van der Waals surface area contributed by atoms with Gasteiger partial charge in [0.15, 0.2) is 5.82 Å². The number of halogens is 3. The number of benzene rings is 2. The molecule has 1 fully saturated rings. The zero-order valence-corrected chi connectivity index (χ0v) is 16.0. The summed E-state index contributed by atoms with van der Waals surface area (Å²) >= 11 is 0. The quantitative estimate of drug-likeness (QED) is 0.583. The maximum absolute atomic E-state index is 12.8. The van der Waals surface area contributed by atoms with Gasteiger partial charge in [0.2, 0.25) is 5.91 Å². The van der Waals surface area contributed by atoms with Gasteiger partial charge in [0.1, 0.15) is 5.69 Å². The Balaban J connectivity index is 1.62. The number of aromatic nitrogens is 2. The normalized spacial score (nSPS) is 14.9. The van der Waals surface area contributed by atoms with E-state index in [-0.39, 0.29) is 11.4 Å². The van der Waals surface area contributed by atoms with Crippen molar-refractivity contribution < 1.29 is 18.0 Å². The lowest BCUT2D eigenvalue weighted by Gasteiger charge is -2.18. The third kappa shape index (κ3) is 3.98. The molecule has 30 heavy (non-hydrogen) atoms. The summed E-state index contributed by atoms with van der Waals surface area (Å²) in [5.74, 6) is 0.336. The number of nitrogens with zero attached hydrogens (tertiary/aromatic N) is 2. The number of fused-ring (bicyclic) bond motifs is 1. The maximum atomic E-state index is 12.8. The molecule has 0 bridgehead atoms. The fourth-order valence-electron chi connectivity index (χ4n) is 3.33. The highest BCUT2D eigenvalue weighted by Crippen LogP contribution is 2.37. The van der Waals surface area contributed by atoms with Crippen molar-refractivity contribution in [2.45, 2.75) is 24.6 Å². The molecule has 1 aliphatic rings. The minimum Gasteiger partial charge on any atom is -0.366 e. The van der Waals surface area contributed by atoms with Gasteiger partial charge in [-0.05, 0) is 31.1 Å². The van der Waals surface area contributed by atoms with Gasteiger partial charge in [-0.2, -0.15) is 13.2 Å². The zero-order valence-electron chi connectivity index (χ0n) is 16.0. The summed E-state index contributed by atoms with van der Waals surface area (Å²) in [5.41, 5.74) is 0.0272. The first-order valence-electron chi connectivity index (χ1n) is 9.43. The SMILES string of the molecule is C=CC(=O)NC1(CNc2nnc(-c3ccc(C(F)(F)F)cc3)c3ccccc23)CC1. The molecule has 0 atom stereocenters. The van der Waals surface area contributed by atoms with Gasteiger partial charge in [-0.15, -0.1) is 10.2 Å². The van der Waals surface area contributed by atoms with Crippen LogP contribution in [0.2, 0.25) is 0 Å². The summed E-state index contributed by atoms with van der Waals surface area (Å²) in [4.78, 5) is 11.6. The molecule has 1 saturated carbocycles. The van der Waals surface area contributed by atoms with Gasteiger partial charge in [0.05, 0.1) is 11.1 Å². The number of amides is 1. The molecule has 3 aromatic rings. The molecular weight excluding hydrogens is 393 g/mol. The van der Waals surface area contributed by atoms with E-state index in [9.17, 15) is 18.0 Å². The van der Waals surface area contributed by atoms with Crippen LogP contribution in [0, 0.1) is 0 Å². The van der Waals surface area contributed by atoms with Crippen molar-refractivity contribution in [1.82, 2.24) is 15.5 Å². The highest BCUT2D eigenvalue weighted by Gasteiger charge is 2.43. The van der Waals surface area contributed by atoms with Gasteiger partial charge in [-0.3, -0.25) is 4.79 Å². The fraction of sp³-hybridized carbons (Fsp3) is 0.227. The number of anilines is 1. The monoisotopic (exact) mass is 412 g/mol. The number of carbonyl (C=O) groups is 1. The van der Waals surface area contributed by atoms with Crippen molar-refractivity contribution in [3.05, 3.63) is 66.7 Å². The molecule has 1 aromatic heterocycles. The molecule has 1 aliphatic carbocycles. The summed E-state index contributed by atoms with van der Waals surface area (Å²) in [7, 11) is 0. The van der Waals surface area contributed by atoms with Crippen LogP contribution in [0.15, 0.2) is 61.2 Å². The van der Waals surface area contributed by atoms with E-state index >= 15 is 0 Å². The number of hydrogen-bond donors (Lipinski definition) is 2. The molecule has 4 rings (SSSR count). The van der Waals surface area contributed by atoms with E-state index in [0.717, 1.165) is 35.7 Å². The average Bonchev–Trinajstić information content (AvgIpc) is 3.51. The van der Waals surface area contributed by atoms with Crippen molar-refractivity contribution in [3.8, 4) is 11.3 Å². The summed E-state index contributed by atoms with van der Waals surface area (Å²) in [6.07, 6.45) is -1.43. The molecule has 2 N–H and O–H groups in total. The van der Waals surface area contributed by atoms with Crippen molar-refractivity contribution in [2.24, 2.45) is 0 Å². The van der Waals surface area contributed by atoms with Crippen molar-refractivity contribution >= 4 is 22.5 Å². The van der Waals surface area contributed by atoms with Gasteiger partial charge in [0.25, 0.3) is 0 Å². The standard InChI is InChI=1S/C22H19F3N4O/c1-2-18(30)27-21(11-12-21)13-26-20-17-6-4-3-5-16(17)19(28-29-20)14-7-9-15(10-8-14)22(23,24)25/h2-10H,1,11-13H2,(H,26,29)(H,27,30). The third-order valence-corrected chi connectivity index (χ3v) is 5.19. The van der Waals surface area contributed by atoms with Gasteiger partial charge in [-0.25, -0.2) is 0 Å². The summed E-state index contributed by atoms with van der Waals surface area (Å²) in [6.45, 7) is 3.96. The highest BCUT2D eigenvalue weighted by atomic mass is 19.4. The topological polar surface area (TPSA) is 66.9 Å². The van der Waals surface area contributed by atoms with E-state index < -0.39 is 11.7 Å². The molecule has 2 aromatic carbocycles. The first-order valence-corrected chi connectivity index (χ1v) is 9.43. The van der Waals surface area contributed by atoms with E-state index in [1.165, 1.54) is 18.2 Å². The van der Waals surface area contributed by atoms with E-state index in [2.05, 4.69) is 27.4 Å². The molecule has 5 nitrogen and oxygen atoms in total. The molecule has 0 unspecified atom stereocenters. The Morgan fingerprint density at radius 3 is 2.33 bits per heavy atom. The Labute approximate surface area is 171 Å². The fourth-order valence-corrected chi connectivity index (χ4v) is 3.33. The van der Waals surface area contributed by atoms with Gasteiger partial charge >= 0.3 is 6.18 Å². The largest absolute Gasteiger partial charge is 0.416 e. The smallest absolute Gasteiger partial charge is 0.366 e. The Bertz CT molecular complexity index is 1110. The van der Waals surface area contributed by atoms with Gasteiger partial charge < -0.3 is 10.6 Å². The predicted molar refractivity (Wildman–Crippen MR) is 109 cm³/mol. The molecule has 154 valence electrons. The average molecular weight is 412 g/mol. The van der Waals surface area contributed by atoms with Crippen LogP contribution < -0.4 is 10.6 Å². The highest BCUT2D eigenvalue weighted by molar-refractivity contribution is 6.00. The van der Waals surface area contributed by atoms with Gasteiger partial charge in [0, 0.05) is 22.9 Å². The summed E-state index contributed by atoms with van der Waals surface area (Å²) in [6, 6.07) is 12.3. The Hall–Kier alpha value is -3.42. The second-order valence-electron chi connectivity index (χ2n) is 7.35. The Morgan fingerprint density at radius 2 is 1.73 bits per heavy atom. The number of nitrogens with one attached hydrogen (secondary N) is 2. The first kappa shape index (κ1) is 19.9. The van der Waals surface area contributed by atoms with E-state index in [0.29, 0.717) is 23.6 Å². The lowest BCUT2D eigenvalue weighted by atomic mass is 10.0. The number of carbonyl (C=O) groups excluding carboxylic acids is 1. The zero-order chi connectivity index (χ0) is 21.4. The Kier molecular flexibility index (Phi) is 4.93. The van der Waals surface area contributed by atoms with Crippen LogP contribution in [-0.2, 0) is 11.0 Å². The molecule has 0 aliphatic heterocycles. The predicted octanol–water partition coefficient (Wildman–Crippen LogP) is 4.56. The van der Waals surface area contributed by atoms with Crippen LogP contribution in [0.4, 0.5) is 19.0 Å². The molecule has 0 spiro atoms. The minimum atomic E-state index is -4.39. The minimum absolute atomic E-state index is 0.220. The lowest BCUT2D eigenvalue weighted by molar-refractivity contribution is -0.137. The van der Waals surface area contributed by atoms with Crippen LogP contribution in [0.1, 0.15) is 18.4 Å². The third-order valence-electron chi connectivity index (χ3n) is 5.19.